The van der Waals surface area contributed by atoms with Crippen molar-refractivity contribution in [3.63, 3.8) is 0 Å². The van der Waals surface area contributed by atoms with Crippen molar-refractivity contribution in [2.75, 3.05) is 0 Å². The molecule has 1 fully saturated rings. The van der Waals surface area contributed by atoms with Crippen LogP contribution in [0.1, 0.15) is 34.1 Å². The van der Waals surface area contributed by atoms with E-state index in [4.69, 9.17) is 5.11 Å². The van der Waals surface area contributed by atoms with E-state index in [1.165, 1.54) is 13.8 Å². The van der Waals surface area contributed by atoms with Crippen LogP contribution < -0.4 is 0 Å². The van der Waals surface area contributed by atoms with E-state index < -0.39 is 38.6 Å². The zero-order valence-electron chi connectivity index (χ0n) is 10.3. The summed E-state index contributed by atoms with van der Waals surface area (Å²) in [6.45, 7) is 5.95. The fraction of sp³-hybridized carbons (Fsp3) is 0.800. The minimum absolute atomic E-state index is 0.415. The summed E-state index contributed by atoms with van der Waals surface area (Å²) in [4.78, 5) is 22.9. The Morgan fingerprint density at radius 3 is 2.24 bits per heavy atom. The predicted molar refractivity (Wildman–Crippen MR) is 60.7 cm³/mol. The maximum atomic E-state index is 11.9. The van der Waals surface area contributed by atoms with Crippen LogP contribution in [0.3, 0.4) is 0 Å². The molecule has 0 aliphatic carbocycles. The number of nitrogens with zero attached hydrogens (tertiary/aromatic N) is 1. The van der Waals surface area contributed by atoms with Crippen molar-refractivity contribution in [2.45, 2.75) is 44.9 Å². The zero-order chi connectivity index (χ0) is 13.6. The summed E-state index contributed by atoms with van der Waals surface area (Å²) < 4.78 is 22.8. The number of carbonyl (C=O) groups excluding carboxylic acids is 1. The third kappa shape index (κ3) is 1.72. The number of hydrogen-bond acceptors (Lipinski definition) is 4. The number of aliphatic carboxylic acids is 1. The minimum Gasteiger partial charge on any atom is -0.480 e. The van der Waals surface area contributed by atoms with Crippen LogP contribution >= 0.6 is 0 Å². The lowest BCUT2D eigenvalue weighted by Crippen LogP contribution is -2.72. The van der Waals surface area contributed by atoms with Gasteiger partial charge in [0.05, 0.1) is 0 Å². The molecule has 0 saturated carbocycles. The topological polar surface area (TPSA) is 91.8 Å². The molecule has 1 amide bonds. The quantitative estimate of drug-likeness (QED) is 0.794. The van der Waals surface area contributed by atoms with Crippen molar-refractivity contribution < 1.29 is 23.1 Å². The van der Waals surface area contributed by atoms with Crippen molar-refractivity contribution in [1.82, 2.24) is 4.31 Å². The summed E-state index contributed by atoms with van der Waals surface area (Å²) in [5, 5.41) is 9.07. The van der Waals surface area contributed by atoms with Gasteiger partial charge in [0.15, 0.2) is 4.75 Å². The molecule has 98 valence electrons. The number of sulfonamides is 1. The highest BCUT2D eigenvalue weighted by Crippen LogP contribution is 2.38. The number of carboxylic acids is 1. The van der Waals surface area contributed by atoms with Crippen LogP contribution in [0.2, 0.25) is 0 Å². The van der Waals surface area contributed by atoms with Crippen LogP contribution in [0.15, 0.2) is 0 Å². The Labute approximate surface area is 101 Å². The number of carbonyl (C=O) groups is 2. The fourth-order valence-electron chi connectivity index (χ4n) is 1.77. The maximum absolute atomic E-state index is 11.9. The number of rotatable bonds is 4. The first-order chi connectivity index (χ1) is 7.59. The first kappa shape index (κ1) is 14.0. The second-order valence-electron chi connectivity index (χ2n) is 4.78. The Kier molecular flexibility index (Phi) is 3.26. The van der Waals surface area contributed by atoms with Gasteiger partial charge in [0.2, 0.25) is 0 Å². The first-order valence-electron chi connectivity index (χ1n) is 5.40. The van der Waals surface area contributed by atoms with Crippen molar-refractivity contribution in [2.24, 2.45) is 5.92 Å². The number of hydrogen-bond donors (Lipinski definition) is 1. The van der Waals surface area contributed by atoms with E-state index in [0.717, 1.165) is 0 Å². The van der Waals surface area contributed by atoms with Crippen molar-refractivity contribution >= 4 is 21.9 Å². The third-order valence-electron chi connectivity index (χ3n) is 3.31. The Morgan fingerprint density at radius 1 is 1.47 bits per heavy atom. The van der Waals surface area contributed by atoms with Crippen LogP contribution in [0, 0.1) is 5.92 Å². The summed E-state index contributed by atoms with van der Waals surface area (Å²) >= 11 is 0. The van der Waals surface area contributed by atoms with Gasteiger partial charge in [0, 0.05) is 0 Å². The van der Waals surface area contributed by atoms with Crippen LogP contribution in [0.25, 0.3) is 0 Å². The highest BCUT2D eigenvalue weighted by Gasteiger charge is 2.64. The summed E-state index contributed by atoms with van der Waals surface area (Å²) in [5.74, 6) is -2.35. The van der Waals surface area contributed by atoms with Crippen LogP contribution in [0.4, 0.5) is 0 Å². The smallest absolute Gasteiger partial charge is 0.327 e. The Balaban J connectivity index is 3.17. The molecule has 2 atom stereocenters. The molecule has 0 bridgehead atoms. The molecule has 2 unspecified atom stereocenters. The van der Waals surface area contributed by atoms with Crippen LogP contribution in [0.5, 0.6) is 0 Å². The Morgan fingerprint density at radius 2 is 1.94 bits per heavy atom. The lowest BCUT2D eigenvalue weighted by atomic mass is 9.98. The molecule has 0 radical (unpaired) electrons. The fourth-order valence-corrected chi connectivity index (χ4v) is 3.49. The second-order valence-corrected chi connectivity index (χ2v) is 7.15. The van der Waals surface area contributed by atoms with E-state index in [1.54, 1.807) is 13.8 Å². The average molecular weight is 263 g/mol. The van der Waals surface area contributed by atoms with E-state index in [2.05, 4.69) is 0 Å². The molecule has 1 aliphatic heterocycles. The Hall–Kier alpha value is -1.11. The maximum Gasteiger partial charge on any atom is 0.327 e. The molecule has 1 N–H and O–H groups in total. The van der Waals surface area contributed by atoms with E-state index >= 15 is 0 Å². The lowest BCUT2D eigenvalue weighted by Gasteiger charge is -2.46. The first-order valence-corrected chi connectivity index (χ1v) is 6.84. The molecule has 1 heterocycles. The van der Waals surface area contributed by atoms with Gasteiger partial charge in [-0.2, -0.15) is 0 Å². The van der Waals surface area contributed by atoms with E-state index in [0.29, 0.717) is 10.7 Å². The van der Waals surface area contributed by atoms with Crippen molar-refractivity contribution in [1.29, 1.82) is 0 Å². The van der Waals surface area contributed by atoms with E-state index in [-0.39, 0.29) is 0 Å². The van der Waals surface area contributed by atoms with Gasteiger partial charge in [0.25, 0.3) is 15.9 Å². The molecule has 0 aromatic rings. The summed E-state index contributed by atoms with van der Waals surface area (Å²) in [7, 11) is -3.85. The van der Waals surface area contributed by atoms with Crippen molar-refractivity contribution in [3.8, 4) is 0 Å². The molecular formula is C10H17NO5S. The molecule has 1 aliphatic rings. The molecule has 1 rings (SSSR count). The van der Waals surface area contributed by atoms with Gasteiger partial charge in [-0.1, -0.05) is 20.3 Å². The summed E-state index contributed by atoms with van der Waals surface area (Å²) in [5.41, 5.74) is 0. The number of carboxylic acid groups (broad SMARTS) is 1. The number of amides is 1. The van der Waals surface area contributed by atoms with Crippen molar-refractivity contribution in [3.05, 3.63) is 0 Å². The van der Waals surface area contributed by atoms with Gasteiger partial charge < -0.3 is 5.11 Å². The predicted octanol–water partition coefficient (Wildman–Crippen LogP) is 0.436. The third-order valence-corrected chi connectivity index (χ3v) is 5.68. The summed E-state index contributed by atoms with van der Waals surface area (Å²) in [6, 6.07) is -1.30. The monoisotopic (exact) mass is 263 g/mol. The van der Waals surface area contributed by atoms with Crippen LogP contribution in [-0.2, 0) is 19.6 Å². The largest absolute Gasteiger partial charge is 0.480 e. The molecule has 0 spiro atoms. The second kappa shape index (κ2) is 3.97. The molecule has 0 aromatic heterocycles. The molecular weight excluding hydrogens is 246 g/mol. The zero-order valence-corrected chi connectivity index (χ0v) is 11.1. The van der Waals surface area contributed by atoms with Gasteiger partial charge in [-0.3, -0.25) is 4.79 Å². The molecule has 7 heteroatoms. The van der Waals surface area contributed by atoms with Gasteiger partial charge in [-0.05, 0) is 19.8 Å². The standard InChI is InChI=1S/C10H17NO5S/c1-5-6(2)7(8(12)13)11-9(14)10(3,4)17(11,15)16/h6-7H,5H2,1-4H3,(H,12,13). The molecule has 0 aromatic carbocycles. The lowest BCUT2D eigenvalue weighted by molar-refractivity contribution is -0.150. The minimum atomic E-state index is -3.85. The van der Waals surface area contributed by atoms with E-state index in [9.17, 15) is 18.0 Å². The average Bonchev–Trinajstić information content (AvgIpc) is 2.22. The van der Waals surface area contributed by atoms with Gasteiger partial charge in [-0.25, -0.2) is 17.5 Å². The highest BCUT2D eigenvalue weighted by atomic mass is 32.2. The van der Waals surface area contributed by atoms with Crippen LogP contribution in [-0.4, -0.2) is 40.5 Å². The van der Waals surface area contributed by atoms with E-state index in [1.807, 2.05) is 0 Å². The molecule has 6 nitrogen and oxygen atoms in total. The van der Waals surface area contributed by atoms with Gasteiger partial charge in [0.1, 0.15) is 6.04 Å². The van der Waals surface area contributed by atoms with Gasteiger partial charge in [-0.15, -0.1) is 0 Å². The molecule has 17 heavy (non-hydrogen) atoms. The SMILES string of the molecule is CCC(C)C(C(=O)O)N1C(=O)C(C)(C)S1(=O)=O. The summed E-state index contributed by atoms with van der Waals surface area (Å²) in [6.07, 6.45) is 0.483. The Bertz CT molecular complexity index is 453. The highest BCUT2D eigenvalue weighted by molar-refractivity contribution is 7.94. The normalized spacial score (nSPS) is 24.9. The molecule has 1 saturated heterocycles. The van der Waals surface area contributed by atoms with Gasteiger partial charge >= 0.3 is 5.97 Å².